The molecule has 0 aliphatic carbocycles. The highest BCUT2D eigenvalue weighted by molar-refractivity contribution is 5.77. The maximum Gasteiger partial charge on any atom is 0.257 e. The van der Waals surface area contributed by atoms with Crippen molar-refractivity contribution < 1.29 is 14.3 Å². The molecule has 1 saturated heterocycles. The minimum absolute atomic E-state index is 0.0000990. The first-order valence-electron chi connectivity index (χ1n) is 9.94. The Bertz CT molecular complexity index is 778. The van der Waals surface area contributed by atoms with E-state index in [9.17, 15) is 4.79 Å². The Hall–Kier alpha value is -2.53. The van der Waals surface area contributed by atoms with Crippen LogP contribution in [0.5, 0.6) is 11.5 Å². The number of carbonyl (C=O) groups is 1. The molecule has 2 aromatic carbocycles. The normalized spacial score (nSPS) is 17.1. The number of methoxy groups -OCH3 is 1. The number of benzene rings is 2. The summed E-state index contributed by atoms with van der Waals surface area (Å²) in [4.78, 5) is 14.7. The molecule has 0 radical (unpaired) electrons. The van der Waals surface area contributed by atoms with E-state index in [1.165, 1.54) is 17.5 Å². The number of piperidine rings is 1. The van der Waals surface area contributed by atoms with E-state index in [1.54, 1.807) is 13.2 Å². The molecule has 1 heterocycles. The third kappa shape index (κ3) is 5.99. The number of hydrogen-bond donors (Lipinski definition) is 1. The van der Waals surface area contributed by atoms with Gasteiger partial charge in [-0.3, -0.25) is 9.69 Å². The standard InChI is InChI=1S/C23H30N2O3/c1-18-7-5-8-19(13-18)15-25-12-6-9-20(16-25)14-24-23(26)17-28-22-11-4-3-10-21(22)27-2/h3-5,7-8,10-11,13,20H,6,9,12,14-17H2,1-2H3,(H,24,26). The molecule has 1 aliphatic heterocycles. The van der Waals surface area contributed by atoms with Crippen LogP contribution in [-0.4, -0.2) is 44.2 Å². The number of nitrogens with one attached hydrogen (secondary N) is 1. The molecule has 5 nitrogen and oxygen atoms in total. The highest BCUT2D eigenvalue weighted by Crippen LogP contribution is 2.25. The van der Waals surface area contributed by atoms with Gasteiger partial charge in [0, 0.05) is 19.6 Å². The summed E-state index contributed by atoms with van der Waals surface area (Å²) in [5, 5.41) is 3.02. The Balaban J connectivity index is 1.41. The lowest BCUT2D eigenvalue weighted by Gasteiger charge is -2.33. The van der Waals surface area contributed by atoms with Crippen LogP contribution in [0.15, 0.2) is 48.5 Å². The molecule has 1 fully saturated rings. The van der Waals surface area contributed by atoms with Gasteiger partial charge in [-0.1, -0.05) is 42.0 Å². The Morgan fingerprint density at radius 3 is 2.79 bits per heavy atom. The molecule has 0 saturated carbocycles. The van der Waals surface area contributed by atoms with E-state index in [-0.39, 0.29) is 12.5 Å². The number of nitrogens with zero attached hydrogens (tertiary/aromatic N) is 1. The van der Waals surface area contributed by atoms with Crippen molar-refractivity contribution in [1.82, 2.24) is 10.2 Å². The molecule has 28 heavy (non-hydrogen) atoms. The zero-order valence-electron chi connectivity index (χ0n) is 16.8. The van der Waals surface area contributed by atoms with Gasteiger partial charge in [0.2, 0.25) is 0 Å². The number of likely N-dealkylation sites (tertiary alicyclic amines) is 1. The van der Waals surface area contributed by atoms with Gasteiger partial charge in [0.05, 0.1) is 7.11 Å². The second kappa shape index (κ2) is 10.1. The van der Waals surface area contributed by atoms with Crippen LogP contribution in [0.25, 0.3) is 0 Å². The Kier molecular flexibility index (Phi) is 7.31. The number of amides is 1. The summed E-state index contributed by atoms with van der Waals surface area (Å²) in [5.41, 5.74) is 2.66. The molecule has 150 valence electrons. The molecular weight excluding hydrogens is 352 g/mol. The molecule has 0 aromatic heterocycles. The summed E-state index contributed by atoms with van der Waals surface area (Å²) in [7, 11) is 1.59. The number of hydrogen-bond acceptors (Lipinski definition) is 4. The van der Waals surface area contributed by atoms with Gasteiger partial charge >= 0.3 is 0 Å². The monoisotopic (exact) mass is 382 g/mol. The topological polar surface area (TPSA) is 50.8 Å². The lowest BCUT2D eigenvalue weighted by molar-refractivity contribution is -0.123. The highest BCUT2D eigenvalue weighted by Gasteiger charge is 2.20. The summed E-state index contributed by atoms with van der Waals surface area (Å²) in [6.45, 7) is 5.93. The molecule has 1 amide bonds. The minimum atomic E-state index is -0.0956. The largest absolute Gasteiger partial charge is 0.493 e. The fraction of sp³-hybridized carbons (Fsp3) is 0.435. The summed E-state index contributed by atoms with van der Waals surface area (Å²) in [5.74, 6) is 1.60. The van der Waals surface area contributed by atoms with Crippen molar-refractivity contribution in [2.24, 2.45) is 5.92 Å². The quantitative estimate of drug-likeness (QED) is 0.760. The average Bonchev–Trinajstić information content (AvgIpc) is 2.71. The number of aryl methyl sites for hydroxylation is 1. The number of ether oxygens (including phenoxy) is 2. The van der Waals surface area contributed by atoms with Crippen molar-refractivity contribution in [3.63, 3.8) is 0 Å². The number of rotatable bonds is 8. The van der Waals surface area contributed by atoms with Crippen LogP contribution in [0.3, 0.4) is 0 Å². The molecule has 1 unspecified atom stereocenters. The predicted octanol–water partition coefficient (Wildman–Crippen LogP) is 3.41. The number of carbonyl (C=O) groups excluding carboxylic acids is 1. The Morgan fingerprint density at radius 2 is 2.00 bits per heavy atom. The second-order valence-corrected chi connectivity index (χ2v) is 7.48. The van der Waals surface area contributed by atoms with Crippen LogP contribution in [0.1, 0.15) is 24.0 Å². The third-order valence-corrected chi connectivity index (χ3v) is 5.11. The van der Waals surface area contributed by atoms with Crippen LogP contribution < -0.4 is 14.8 Å². The molecule has 1 atom stereocenters. The van der Waals surface area contributed by atoms with Crippen molar-refractivity contribution >= 4 is 5.91 Å². The van der Waals surface area contributed by atoms with Gasteiger partial charge in [-0.15, -0.1) is 0 Å². The molecule has 3 rings (SSSR count). The van der Waals surface area contributed by atoms with Crippen molar-refractivity contribution in [3.05, 3.63) is 59.7 Å². The first-order valence-corrected chi connectivity index (χ1v) is 9.94. The maximum atomic E-state index is 12.2. The van der Waals surface area contributed by atoms with Gasteiger partial charge in [-0.25, -0.2) is 0 Å². The van der Waals surface area contributed by atoms with Crippen LogP contribution in [0.4, 0.5) is 0 Å². The van der Waals surface area contributed by atoms with Gasteiger partial charge in [-0.2, -0.15) is 0 Å². The molecule has 0 bridgehead atoms. The minimum Gasteiger partial charge on any atom is -0.493 e. The van der Waals surface area contributed by atoms with Crippen molar-refractivity contribution in [2.45, 2.75) is 26.3 Å². The van der Waals surface area contributed by atoms with Crippen molar-refractivity contribution in [1.29, 1.82) is 0 Å². The highest BCUT2D eigenvalue weighted by atomic mass is 16.5. The average molecular weight is 383 g/mol. The fourth-order valence-electron chi connectivity index (χ4n) is 3.72. The van der Waals surface area contributed by atoms with Crippen molar-refractivity contribution in [3.8, 4) is 11.5 Å². The van der Waals surface area contributed by atoms with E-state index in [0.29, 0.717) is 24.0 Å². The predicted molar refractivity (Wildman–Crippen MR) is 111 cm³/mol. The van der Waals surface area contributed by atoms with Gasteiger partial charge < -0.3 is 14.8 Å². The van der Waals surface area contributed by atoms with E-state index >= 15 is 0 Å². The van der Waals surface area contributed by atoms with Gasteiger partial charge in [0.1, 0.15) is 0 Å². The maximum absolute atomic E-state index is 12.2. The van der Waals surface area contributed by atoms with Gasteiger partial charge in [0.15, 0.2) is 18.1 Å². The molecule has 5 heteroatoms. The SMILES string of the molecule is COc1ccccc1OCC(=O)NCC1CCCN(Cc2cccc(C)c2)C1. The van der Waals surface area contributed by atoms with Gasteiger partial charge in [0.25, 0.3) is 5.91 Å². The first kappa shape index (κ1) is 20.2. The summed E-state index contributed by atoms with van der Waals surface area (Å²) in [6.07, 6.45) is 2.32. The van der Waals surface area contributed by atoms with Crippen LogP contribution in [0, 0.1) is 12.8 Å². The first-order chi connectivity index (χ1) is 13.6. The Morgan fingerprint density at radius 1 is 1.18 bits per heavy atom. The van der Waals surface area contributed by atoms with E-state index in [2.05, 4.69) is 41.4 Å². The summed E-state index contributed by atoms with van der Waals surface area (Å²) < 4.78 is 10.8. The molecule has 2 aromatic rings. The van der Waals surface area contributed by atoms with Gasteiger partial charge in [-0.05, 0) is 49.9 Å². The number of para-hydroxylation sites is 2. The summed E-state index contributed by atoms with van der Waals surface area (Å²) >= 11 is 0. The summed E-state index contributed by atoms with van der Waals surface area (Å²) in [6, 6.07) is 16.0. The smallest absolute Gasteiger partial charge is 0.257 e. The van der Waals surface area contributed by atoms with Crippen LogP contribution in [0.2, 0.25) is 0 Å². The fourth-order valence-corrected chi connectivity index (χ4v) is 3.72. The molecule has 0 spiro atoms. The second-order valence-electron chi connectivity index (χ2n) is 7.48. The van der Waals surface area contributed by atoms with Crippen LogP contribution >= 0.6 is 0 Å². The Labute approximate surface area is 167 Å². The zero-order chi connectivity index (χ0) is 19.8. The van der Waals surface area contributed by atoms with Crippen LogP contribution in [-0.2, 0) is 11.3 Å². The third-order valence-electron chi connectivity index (χ3n) is 5.11. The molecular formula is C23H30N2O3. The van der Waals surface area contributed by atoms with E-state index < -0.39 is 0 Å². The van der Waals surface area contributed by atoms with Crippen molar-refractivity contribution in [2.75, 3.05) is 33.4 Å². The lowest BCUT2D eigenvalue weighted by atomic mass is 9.97. The zero-order valence-corrected chi connectivity index (χ0v) is 16.8. The van der Waals surface area contributed by atoms with E-state index in [1.807, 2.05) is 18.2 Å². The van der Waals surface area contributed by atoms with E-state index in [0.717, 1.165) is 26.1 Å². The molecule has 1 N–H and O–H groups in total. The molecule has 1 aliphatic rings. The lowest BCUT2D eigenvalue weighted by Crippen LogP contribution is -2.41. The van der Waals surface area contributed by atoms with E-state index in [4.69, 9.17) is 9.47 Å².